The van der Waals surface area contributed by atoms with Crippen molar-refractivity contribution in [1.82, 2.24) is 4.90 Å². The molecule has 0 bridgehead atoms. The molecule has 132 valence electrons. The van der Waals surface area contributed by atoms with Gasteiger partial charge in [-0.1, -0.05) is 6.42 Å². The minimum absolute atomic E-state index is 0.00384. The molecule has 2 fully saturated rings. The molecule has 3 unspecified atom stereocenters. The van der Waals surface area contributed by atoms with Crippen LogP contribution < -0.4 is 19.9 Å². The Morgan fingerprint density at radius 2 is 1.75 bits per heavy atom. The molecule has 24 heavy (non-hydrogen) atoms. The van der Waals surface area contributed by atoms with Gasteiger partial charge in [0, 0.05) is 24.7 Å². The van der Waals surface area contributed by atoms with E-state index in [4.69, 9.17) is 19.9 Å². The van der Waals surface area contributed by atoms with Crippen molar-refractivity contribution < 1.29 is 19.0 Å². The van der Waals surface area contributed by atoms with Gasteiger partial charge in [0.15, 0.2) is 11.5 Å². The lowest BCUT2D eigenvalue weighted by Crippen LogP contribution is -2.38. The number of methoxy groups -OCH3 is 3. The van der Waals surface area contributed by atoms with Crippen molar-refractivity contribution in [3.05, 3.63) is 17.7 Å². The van der Waals surface area contributed by atoms with Crippen molar-refractivity contribution >= 4 is 5.91 Å². The van der Waals surface area contributed by atoms with Gasteiger partial charge in [0.2, 0.25) is 5.75 Å². The zero-order valence-corrected chi connectivity index (χ0v) is 14.6. The maximum Gasteiger partial charge on any atom is 0.254 e. The number of hydrogen-bond donors (Lipinski definition) is 1. The smallest absolute Gasteiger partial charge is 0.254 e. The minimum Gasteiger partial charge on any atom is -0.493 e. The third kappa shape index (κ3) is 2.90. The van der Waals surface area contributed by atoms with Gasteiger partial charge in [0.1, 0.15) is 0 Å². The van der Waals surface area contributed by atoms with Gasteiger partial charge in [0.05, 0.1) is 21.3 Å². The lowest BCUT2D eigenvalue weighted by molar-refractivity contribution is 0.0782. The van der Waals surface area contributed by atoms with E-state index in [0.717, 1.165) is 32.4 Å². The van der Waals surface area contributed by atoms with E-state index in [1.54, 1.807) is 33.5 Å². The number of rotatable bonds is 4. The number of nitrogens with zero attached hydrogens (tertiary/aromatic N) is 1. The van der Waals surface area contributed by atoms with Crippen molar-refractivity contribution in [2.24, 2.45) is 17.6 Å². The molecule has 2 aliphatic rings. The predicted molar refractivity (Wildman–Crippen MR) is 90.8 cm³/mol. The SMILES string of the molecule is COc1cc(C(=O)N2CC3CCCC(N)C3C2)cc(OC)c1OC. The fourth-order valence-electron chi connectivity index (χ4n) is 4.07. The molecular formula is C18H26N2O4. The third-order valence-corrected chi connectivity index (χ3v) is 5.35. The fraction of sp³-hybridized carbons (Fsp3) is 0.611. The maximum absolute atomic E-state index is 13.0. The second-order valence-corrected chi connectivity index (χ2v) is 6.64. The van der Waals surface area contributed by atoms with E-state index in [1.165, 1.54) is 0 Å². The first-order valence-corrected chi connectivity index (χ1v) is 8.43. The Morgan fingerprint density at radius 1 is 1.08 bits per heavy atom. The van der Waals surface area contributed by atoms with Gasteiger partial charge in [-0.05, 0) is 36.8 Å². The summed E-state index contributed by atoms with van der Waals surface area (Å²) in [5, 5.41) is 0. The van der Waals surface area contributed by atoms with Crippen LogP contribution in [0.15, 0.2) is 12.1 Å². The summed E-state index contributed by atoms with van der Waals surface area (Å²) in [5.74, 6) is 2.43. The fourth-order valence-corrected chi connectivity index (χ4v) is 4.07. The Labute approximate surface area is 142 Å². The first-order valence-electron chi connectivity index (χ1n) is 8.43. The lowest BCUT2D eigenvalue weighted by atomic mass is 9.78. The molecule has 1 aliphatic carbocycles. The van der Waals surface area contributed by atoms with Crippen LogP contribution in [0.3, 0.4) is 0 Å². The van der Waals surface area contributed by atoms with Crippen molar-refractivity contribution in [3.8, 4) is 17.2 Å². The molecule has 1 amide bonds. The highest BCUT2D eigenvalue weighted by Crippen LogP contribution is 2.40. The van der Waals surface area contributed by atoms with Crippen LogP contribution in [0.5, 0.6) is 17.2 Å². The van der Waals surface area contributed by atoms with E-state index in [-0.39, 0.29) is 11.9 Å². The van der Waals surface area contributed by atoms with Gasteiger partial charge < -0.3 is 24.8 Å². The van der Waals surface area contributed by atoms with Gasteiger partial charge in [-0.3, -0.25) is 4.79 Å². The number of carbonyl (C=O) groups excluding carboxylic acids is 1. The maximum atomic E-state index is 13.0. The Morgan fingerprint density at radius 3 is 2.29 bits per heavy atom. The summed E-state index contributed by atoms with van der Waals surface area (Å²) in [5.41, 5.74) is 6.81. The molecule has 0 spiro atoms. The molecule has 2 N–H and O–H groups in total. The van der Waals surface area contributed by atoms with Crippen molar-refractivity contribution in [1.29, 1.82) is 0 Å². The molecule has 1 saturated heterocycles. The number of nitrogens with two attached hydrogens (primary N) is 1. The highest BCUT2D eigenvalue weighted by atomic mass is 16.5. The Balaban J connectivity index is 1.85. The molecule has 1 saturated carbocycles. The molecule has 0 radical (unpaired) electrons. The largest absolute Gasteiger partial charge is 0.493 e. The average Bonchev–Trinajstić information content (AvgIpc) is 3.05. The summed E-state index contributed by atoms with van der Waals surface area (Å²) in [6.45, 7) is 1.52. The van der Waals surface area contributed by atoms with E-state index in [9.17, 15) is 4.79 Å². The van der Waals surface area contributed by atoms with Crippen molar-refractivity contribution in [2.75, 3.05) is 34.4 Å². The summed E-state index contributed by atoms with van der Waals surface area (Å²) < 4.78 is 16.0. The zero-order valence-electron chi connectivity index (χ0n) is 14.6. The van der Waals surface area contributed by atoms with Crippen molar-refractivity contribution in [3.63, 3.8) is 0 Å². The van der Waals surface area contributed by atoms with E-state index in [2.05, 4.69) is 0 Å². The monoisotopic (exact) mass is 334 g/mol. The standard InChI is InChI=1S/C18H26N2O4/c1-22-15-7-12(8-16(23-2)17(15)24-3)18(21)20-9-11-5-4-6-14(19)13(11)10-20/h7-8,11,13-14H,4-6,9-10,19H2,1-3H3. The number of ether oxygens (including phenoxy) is 3. The summed E-state index contributed by atoms with van der Waals surface area (Å²) in [4.78, 5) is 14.9. The van der Waals surface area contributed by atoms with Crippen LogP contribution in [0.2, 0.25) is 0 Å². The number of carbonyl (C=O) groups is 1. The van der Waals surface area contributed by atoms with Gasteiger partial charge in [-0.2, -0.15) is 0 Å². The summed E-state index contributed by atoms with van der Waals surface area (Å²) >= 11 is 0. The normalized spacial score (nSPS) is 26.0. The Kier molecular flexibility index (Phi) is 4.85. The molecule has 6 heteroatoms. The molecule has 1 heterocycles. The van der Waals surface area contributed by atoms with Crippen LogP contribution >= 0.6 is 0 Å². The van der Waals surface area contributed by atoms with Crippen LogP contribution in [0.4, 0.5) is 0 Å². The molecule has 3 rings (SSSR count). The highest BCUT2D eigenvalue weighted by Gasteiger charge is 2.40. The molecule has 1 aromatic carbocycles. The average molecular weight is 334 g/mol. The van der Waals surface area contributed by atoms with Crippen LogP contribution in [0.1, 0.15) is 29.6 Å². The summed E-state index contributed by atoms with van der Waals surface area (Å²) in [6.07, 6.45) is 3.39. The van der Waals surface area contributed by atoms with Crippen LogP contribution in [0, 0.1) is 11.8 Å². The molecule has 3 atom stereocenters. The predicted octanol–water partition coefficient (Wildman–Crippen LogP) is 1.91. The number of benzene rings is 1. The van der Waals surface area contributed by atoms with Gasteiger partial charge in [0.25, 0.3) is 5.91 Å². The minimum atomic E-state index is -0.00384. The van der Waals surface area contributed by atoms with E-state index < -0.39 is 0 Å². The molecule has 1 aliphatic heterocycles. The number of hydrogen-bond acceptors (Lipinski definition) is 5. The first-order chi connectivity index (χ1) is 11.6. The summed E-state index contributed by atoms with van der Waals surface area (Å²) in [7, 11) is 4.65. The Hall–Kier alpha value is -1.95. The molecule has 6 nitrogen and oxygen atoms in total. The van der Waals surface area contributed by atoms with E-state index in [1.807, 2.05) is 4.90 Å². The van der Waals surface area contributed by atoms with Gasteiger partial charge in [-0.15, -0.1) is 0 Å². The zero-order chi connectivity index (χ0) is 17.3. The first kappa shape index (κ1) is 16.9. The number of fused-ring (bicyclic) bond motifs is 1. The molecule has 1 aromatic rings. The molecular weight excluding hydrogens is 308 g/mol. The van der Waals surface area contributed by atoms with E-state index >= 15 is 0 Å². The number of likely N-dealkylation sites (tertiary alicyclic amines) is 1. The second-order valence-electron chi connectivity index (χ2n) is 6.64. The van der Waals surface area contributed by atoms with Crippen molar-refractivity contribution in [2.45, 2.75) is 25.3 Å². The molecule has 0 aromatic heterocycles. The topological polar surface area (TPSA) is 74.0 Å². The highest BCUT2D eigenvalue weighted by molar-refractivity contribution is 5.96. The van der Waals surface area contributed by atoms with Gasteiger partial charge in [-0.25, -0.2) is 0 Å². The van der Waals surface area contributed by atoms with Crippen LogP contribution in [0.25, 0.3) is 0 Å². The Bertz CT molecular complexity index is 594. The van der Waals surface area contributed by atoms with E-state index in [0.29, 0.717) is 34.6 Å². The third-order valence-electron chi connectivity index (χ3n) is 5.35. The quantitative estimate of drug-likeness (QED) is 0.910. The lowest BCUT2D eigenvalue weighted by Gasteiger charge is -2.29. The van der Waals surface area contributed by atoms with Crippen LogP contribution in [-0.2, 0) is 0 Å². The van der Waals surface area contributed by atoms with Gasteiger partial charge >= 0.3 is 0 Å². The number of amides is 1. The van der Waals surface area contributed by atoms with Crippen LogP contribution in [-0.4, -0.2) is 51.3 Å². The second kappa shape index (κ2) is 6.89. The summed E-state index contributed by atoms with van der Waals surface area (Å²) in [6, 6.07) is 3.64.